The molecule has 0 radical (unpaired) electrons. The van der Waals surface area contributed by atoms with Crippen LogP contribution < -0.4 is 20.9 Å². The number of nitrogens with one attached hydrogen (secondary N) is 3. The highest BCUT2D eigenvalue weighted by atomic mass is 16.7. The first-order valence-electron chi connectivity index (χ1n) is 13.9. The molecule has 2 aliphatic heterocycles. The number of carbonyl (C=O) groups is 3. The van der Waals surface area contributed by atoms with Crippen molar-refractivity contribution in [2.75, 3.05) is 22.1 Å². The minimum atomic E-state index is -1.66. The molecule has 4 amide bonds. The minimum absolute atomic E-state index is 0.0276. The maximum absolute atomic E-state index is 14.4. The lowest BCUT2D eigenvalue weighted by atomic mass is 9.87. The number of rotatable bonds is 7. The lowest BCUT2D eigenvalue weighted by Crippen LogP contribution is -2.57. The molecular formula is C32H36N4O5. The maximum Gasteiger partial charge on any atom is 0.320 e. The van der Waals surface area contributed by atoms with Gasteiger partial charge in [-0.3, -0.25) is 9.59 Å². The van der Waals surface area contributed by atoms with E-state index in [4.69, 9.17) is 9.47 Å². The van der Waals surface area contributed by atoms with E-state index in [1.807, 2.05) is 64.1 Å². The van der Waals surface area contributed by atoms with E-state index < -0.39 is 29.7 Å². The summed E-state index contributed by atoms with van der Waals surface area (Å²) < 4.78 is 12.0. The van der Waals surface area contributed by atoms with Crippen LogP contribution in [0.3, 0.4) is 0 Å². The van der Waals surface area contributed by atoms with Crippen LogP contribution in [-0.4, -0.2) is 42.9 Å². The summed E-state index contributed by atoms with van der Waals surface area (Å²) >= 11 is 0. The van der Waals surface area contributed by atoms with E-state index in [0.717, 1.165) is 17.5 Å². The number of anilines is 3. The van der Waals surface area contributed by atoms with Crippen LogP contribution in [0.4, 0.5) is 21.9 Å². The van der Waals surface area contributed by atoms with Crippen molar-refractivity contribution in [3.8, 4) is 0 Å². The second-order valence-electron chi connectivity index (χ2n) is 10.9. The third kappa shape index (κ3) is 6.26. The Labute approximate surface area is 240 Å². The summed E-state index contributed by atoms with van der Waals surface area (Å²) in [6.07, 6.45) is -0.261. The number of amides is 4. The Morgan fingerprint density at radius 3 is 2.02 bits per heavy atom. The van der Waals surface area contributed by atoms with Gasteiger partial charge in [-0.2, -0.15) is 0 Å². The highest BCUT2D eigenvalue weighted by Gasteiger charge is 2.54. The zero-order valence-electron chi connectivity index (χ0n) is 23.8. The van der Waals surface area contributed by atoms with Gasteiger partial charge in [-0.15, -0.1) is 0 Å². The summed E-state index contributed by atoms with van der Waals surface area (Å²) in [5.74, 6) is -0.850. The van der Waals surface area contributed by atoms with Crippen LogP contribution >= 0.6 is 0 Å². The standard InChI is InChI=1S/C32H36N4O5/c1-20-9-13-24(14-10-20)33-28(37)18-32(35-31(39)34-25-15-11-21(2)12-16-25)26-7-5-6-8-27(26)36(30(32)38)19-29-40-22(3)17-23(4)41-29/h5-16,22-23,29H,17-19H2,1-4H3,(H,33,37)(H2,34,35,39)/t22?,23?,29?,32-/m0/s1. The monoisotopic (exact) mass is 556 g/mol. The topological polar surface area (TPSA) is 109 Å². The van der Waals surface area contributed by atoms with Crippen LogP contribution in [-0.2, 0) is 24.6 Å². The number of aryl methyl sites for hydroxylation is 2. The molecule has 0 aromatic heterocycles. The molecular weight excluding hydrogens is 520 g/mol. The quantitative estimate of drug-likeness (QED) is 0.369. The fourth-order valence-electron chi connectivity index (χ4n) is 5.48. The highest BCUT2D eigenvalue weighted by Crippen LogP contribution is 2.43. The number of benzene rings is 3. The van der Waals surface area contributed by atoms with Crippen molar-refractivity contribution >= 4 is 34.9 Å². The first kappa shape index (κ1) is 28.3. The Morgan fingerprint density at radius 1 is 0.854 bits per heavy atom. The van der Waals surface area contributed by atoms with Crippen molar-refractivity contribution in [2.24, 2.45) is 0 Å². The molecule has 214 valence electrons. The second kappa shape index (κ2) is 11.7. The molecule has 9 heteroatoms. The van der Waals surface area contributed by atoms with Crippen molar-refractivity contribution in [1.29, 1.82) is 0 Å². The van der Waals surface area contributed by atoms with Gasteiger partial charge in [0.15, 0.2) is 11.8 Å². The number of fused-ring (bicyclic) bond motifs is 1. The molecule has 0 bridgehead atoms. The van der Waals surface area contributed by atoms with Crippen molar-refractivity contribution in [3.05, 3.63) is 89.5 Å². The van der Waals surface area contributed by atoms with Crippen LogP contribution in [0, 0.1) is 13.8 Å². The van der Waals surface area contributed by atoms with Gasteiger partial charge >= 0.3 is 6.03 Å². The second-order valence-corrected chi connectivity index (χ2v) is 10.9. The van der Waals surface area contributed by atoms with Gasteiger partial charge in [0.2, 0.25) is 5.91 Å². The number of para-hydroxylation sites is 1. The Bertz CT molecular complexity index is 1350. The van der Waals surface area contributed by atoms with E-state index in [1.54, 1.807) is 41.3 Å². The molecule has 5 rings (SSSR count). The molecule has 2 unspecified atom stereocenters. The van der Waals surface area contributed by atoms with E-state index in [-0.39, 0.29) is 25.2 Å². The Morgan fingerprint density at radius 2 is 1.41 bits per heavy atom. The molecule has 0 spiro atoms. The van der Waals surface area contributed by atoms with Crippen molar-refractivity contribution < 1.29 is 23.9 Å². The van der Waals surface area contributed by atoms with Crippen LogP contribution in [0.15, 0.2) is 72.8 Å². The molecule has 3 aromatic carbocycles. The summed E-state index contributed by atoms with van der Waals surface area (Å²) in [5.41, 5.74) is 2.73. The number of hydrogen-bond acceptors (Lipinski definition) is 5. The third-order valence-corrected chi connectivity index (χ3v) is 7.43. The highest BCUT2D eigenvalue weighted by molar-refractivity contribution is 6.12. The van der Waals surface area contributed by atoms with Gasteiger partial charge < -0.3 is 30.3 Å². The van der Waals surface area contributed by atoms with Crippen molar-refractivity contribution in [1.82, 2.24) is 5.32 Å². The van der Waals surface area contributed by atoms with Crippen LogP contribution in [0.2, 0.25) is 0 Å². The number of ether oxygens (including phenoxy) is 2. The molecule has 3 aromatic rings. The van der Waals surface area contributed by atoms with Crippen LogP contribution in [0.1, 0.15) is 43.4 Å². The van der Waals surface area contributed by atoms with E-state index in [9.17, 15) is 14.4 Å². The van der Waals surface area contributed by atoms with Gasteiger partial charge in [-0.25, -0.2) is 4.79 Å². The van der Waals surface area contributed by atoms with E-state index in [2.05, 4.69) is 16.0 Å². The number of urea groups is 1. The summed E-state index contributed by atoms with van der Waals surface area (Å²) in [7, 11) is 0. The number of hydrogen-bond donors (Lipinski definition) is 3. The van der Waals surface area contributed by atoms with Gasteiger partial charge in [0.05, 0.1) is 30.9 Å². The maximum atomic E-state index is 14.4. The Balaban J connectivity index is 1.47. The summed E-state index contributed by atoms with van der Waals surface area (Å²) in [4.78, 5) is 42.8. The van der Waals surface area contributed by atoms with E-state index in [0.29, 0.717) is 22.6 Å². The van der Waals surface area contributed by atoms with Gasteiger partial charge in [0.1, 0.15) is 0 Å². The molecule has 3 N–H and O–H groups in total. The minimum Gasteiger partial charge on any atom is -0.348 e. The first-order valence-corrected chi connectivity index (χ1v) is 13.9. The Hall–Kier alpha value is -4.21. The average molecular weight is 557 g/mol. The molecule has 0 aliphatic carbocycles. The van der Waals surface area contributed by atoms with Gasteiger partial charge in [-0.1, -0.05) is 53.6 Å². The van der Waals surface area contributed by atoms with Crippen molar-refractivity contribution in [3.63, 3.8) is 0 Å². The number of carbonyl (C=O) groups excluding carboxylic acids is 3. The molecule has 0 saturated carbocycles. The Kier molecular flexibility index (Phi) is 8.10. The zero-order chi connectivity index (χ0) is 29.1. The molecule has 2 aliphatic rings. The van der Waals surface area contributed by atoms with Gasteiger partial charge in [0, 0.05) is 16.9 Å². The normalized spacial score (nSPS) is 23.6. The smallest absolute Gasteiger partial charge is 0.320 e. The SMILES string of the molecule is Cc1ccc(NC(=O)C[C@@]2(NC(=O)Nc3ccc(C)cc3)C(=O)N(CC3OC(C)CC(C)O3)c3ccccc32)cc1. The predicted octanol–water partition coefficient (Wildman–Crippen LogP) is 5.24. The fourth-order valence-corrected chi connectivity index (χ4v) is 5.48. The van der Waals surface area contributed by atoms with E-state index in [1.165, 1.54) is 0 Å². The lowest BCUT2D eigenvalue weighted by Gasteiger charge is -2.35. The molecule has 9 nitrogen and oxygen atoms in total. The average Bonchev–Trinajstić information content (AvgIpc) is 3.13. The molecule has 41 heavy (non-hydrogen) atoms. The molecule has 1 saturated heterocycles. The lowest BCUT2D eigenvalue weighted by molar-refractivity contribution is -0.228. The number of nitrogens with zero attached hydrogens (tertiary/aromatic N) is 1. The van der Waals surface area contributed by atoms with E-state index >= 15 is 0 Å². The van der Waals surface area contributed by atoms with Gasteiger partial charge in [0.25, 0.3) is 5.91 Å². The predicted molar refractivity (Wildman–Crippen MR) is 158 cm³/mol. The first-order chi connectivity index (χ1) is 19.6. The zero-order valence-corrected chi connectivity index (χ0v) is 23.8. The van der Waals surface area contributed by atoms with Gasteiger partial charge in [-0.05, 0) is 64.4 Å². The molecule has 3 atom stereocenters. The summed E-state index contributed by atoms with van der Waals surface area (Å²) in [5, 5.41) is 8.57. The van der Waals surface area contributed by atoms with Crippen LogP contribution in [0.25, 0.3) is 0 Å². The molecule has 2 heterocycles. The summed E-state index contributed by atoms with van der Waals surface area (Å²) in [6.45, 7) is 7.98. The third-order valence-electron chi connectivity index (χ3n) is 7.43. The fraction of sp³-hybridized carbons (Fsp3) is 0.344. The molecule has 1 fully saturated rings. The summed E-state index contributed by atoms with van der Waals surface area (Å²) in [6, 6.07) is 21.3. The van der Waals surface area contributed by atoms with Crippen molar-refractivity contribution in [2.45, 2.75) is 64.6 Å². The largest absolute Gasteiger partial charge is 0.348 e. The van der Waals surface area contributed by atoms with Crippen LogP contribution in [0.5, 0.6) is 0 Å².